The molecule has 1 aliphatic heterocycles. The summed E-state index contributed by atoms with van der Waals surface area (Å²) in [6, 6.07) is 4.13. The molecular formula is C12H12N2O6. The number of carbonyl (C=O) groups is 2. The van der Waals surface area contributed by atoms with E-state index in [9.17, 15) is 19.7 Å². The molecule has 20 heavy (non-hydrogen) atoms. The second-order valence-electron chi connectivity index (χ2n) is 4.31. The maximum absolute atomic E-state index is 11.9. The second kappa shape index (κ2) is 5.55. The molecule has 106 valence electrons. The molecule has 1 fully saturated rings. The summed E-state index contributed by atoms with van der Waals surface area (Å²) in [5, 5.41) is 19.5. The number of carboxylic acid groups (broad SMARTS) is 1. The van der Waals surface area contributed by atoms with Crippen molar-refractivity contribution in [2.45, 2.75) is 18.9 Å². The van der Waals surface area contributed by atoms with Crippen LogP contribution in [0.25, 0.3) is 0 Å². The third-order valence-electron chi connectivity index (χ3n) is 3.03. The molecule has 1 amide bonds. The number of carbonyl (C=O) groups excluding carboxylic acids is 1. The van der Waals surface area contributed by atoms with E-state index in [1.165, 1.54) is 24.3 Å². The minimum Gasteiger partial charge on any atom is -0.480 e. The molecule has 8 nitrogen and oxygen atoms in total. The number of likely N-dealkylation sites (tertiary alicyclic amines) is 1. The van der Waals surface area contributed by atoms with Crippen molar-refractivity contribution in [2.75, 3.05) is 6.54 Å². The van der Waals surface area contributed by atoms with Gasteiger partial charge < -0.3 is 9.84 Å². The maximum atomic E-state index is 11.9. The van der Waals surface area contributed by atoms with Crippen molar-refractivity contribution in [1.29, 1.82) is 0 Å². The van der Waals surface area contributed by atoms with Gasteiger partial charge in [0.1, 0.15) is 11.8 Å². The van der Waals surface area contributed by atoms with Crippen LogP contribution < -0.4 is 4.74 Å². The van der Waals surface area contributed by atoms with E-state index in [1.54, 1.807) is 0 Å². The molecule has 1 saturated heterocycles. The normalized spacial score (nSPS) is 17.8. The molecule has 0 spiro atoms. The first kappa shape index (κ1) is 13.8. The number of nitro benzene ring substituents is 1. The Hall–Kier alpha value is -2.64. The fraction of sp³-hybridized carbons (Fsp3) is 0.333. The summed E-state index contributed by atoms with van der Waals surface area (Å²) < 4.78 is 5.01. The molecular weight excluding hydrogens is 268 g/mol. The summed E-state index contributed by atoms with van der Waals surface area (Å²) >= 11 is 0. The van der Waals surface area contributed by atoms with Gasteiger partial charge in [-0.1, -0.05) is 0 Å². The van der Waals surface area contributed by atoms with Crippen LogP contribution in [-0.2, 0) is 4.79 Å². The number of hydrogen-bond acceptors (Lipinski definition) is 5. The first-order valence-electron chi connectivity index (χ1n) is 5.95. The second-order valence-corrected chi connectivity index (χ2v) is 4.31. The summed E-state index contributed by atoms with van der Waals surface area (Å²) in [7, 11) is 0. The van der Waals surface area contributed by atoms with E-state index in [4.69, 9.17) is 9.84 Å². The van der Waals surface area contributed by atoms with E-state index >= 15 is 0 Å². The zero-order valence-electron chi connectivity index (χ0n) is 10.4. The average Bonchev–Trinajstić information content (AvgIpc) is 2.88. The average molecular weight is 280 g/mol. The summed E-state index contributed by atoms with van der Waals surface area (Å²) in [5.41, 5.74) is -0.116. The van der Waals surface area contributed by atoms with E-state index in [0.717, 1.165) is 4.90 Å². The van der Waals surface area contributed by atoms with Crippen molar-refractivity contribution >= 4 is 17.7 Å². The smallest absolute Gasteiger partial charge is 0.415 e. The molecule has 1 aromatic rings. The molecule has 0 saturated carbocycles. The highest BCUT2D eigenvalue weighted by molar-refractivity contribution is 5.81. The van der Waals surface area contributed by atoms with E-state index in [0.29, 0.717) is 19.4 Å². The third kappa shape index (κ3) is 2.85. The molecule has 8 heteroatoms. The van der Waals surface area contributed by atoms with Crippen molar-refractivity contribution in [3.63, 3.8) is 0 Å². The lowest BCUT2D eigenvalue weighted by Crippen LogP contribution is -2.41. The van der Waals surface area contributed by atoms with Crippen LogP contribution in [0.15, 0.2) is 24.3 Å². The predicted molar refractivity (Wildman–Crippen MR) is 66.5 cm³/mol. The number of non-ortho nitro benzene ring substituents is 1. The topological polar surface area (TPSA) is 110 Å². The Kier molecular flexibility index (Phi) is 3.83. The minimum absolute atomic E-state index is 0.116. The van der Waals surface area contributed by atoms with Gasteiger partial charge in [0.05, 0.1) is 4.92 Å². The molecule has 2 rings (SSSR count). The Bertz CT molecular complexity index is 541. The minimum atomic E-state index is -1.07. The number of carboxylic acids is 1. The van der Waals surface area contributed by atoms with Crippen LogP contribution >= 0.6 is 0 Å². The van der Waals surface area contributed by atoms with Crippen molar-refractivity contribution in [2.24, 2.45) is 0 Å². The number of aliphatic carboxylic acids is 1. The van der Waals surface area contributed by atoms with Gasteiger partial charge in [0.25, 0.3) is 5.69 Å². The lowest BCUT2D eigenvalue weighted by molar-refractivity contribution is -0.384. The van der Waals surface area contributed by atoms with Crippen molar-refractivity contribution in [3.05, 3.63) is 34.4 Å². The Morgan fingerprint density at radius 2 is 2.00 bits per heavy atom. The Morgan fingerprint density at radius 3 is 2.55 bits per heavy atom. The summed E-state index contributed by atoms with van der Waals surface area (Å²) in [4.78, 5) is 33.9. The highest BCUT2D eigenvalue weighted by atomic mass is 16.6. The fourth-order valence-electron chi connectivity index (χ4n) is 2.04. The van der Waals surface area contributed by atoms with Crippen LogP contribution in [0.1, 0.15) is 12.8 Å². The van der Waals surface area contributed by atoms with Crippen LogP contribution in [0.4, 0.5) is 10.5 Å². The van der Waals surface area contributed by atoms with Gasteiger partial charge in [-0.05, 0) is 25.0 Å². The van der Waals surface area contributed by atoms with Gasteiger partial charge in [0, 0.05) is 18.7 Å². The summed E-state index contributed by atoms with van der Waals surface area (Å²) in [5.74, 6) is -0.931. The van der Waals surface area contributed by atoms with E-state index in [2.05, 4.69) is 0 Å². The number of rotatable bonds is 3. The molecule has 0 bridgehead atoms. The lowest BCUT2D eigenvalue weighted by atomic mass is 10.2. The largest absolute Gasteiger partial charge is 0.480 e. The van der Waals surface area contributed by atoms with Gasteiger partial charge in [-0.2, -0.15) is 0 Å². The zero-order chi connectivity index (χ0) is 14.7. The van der Waals surface area contributed by atoms with Crippen LogP contribution in [-0.4, -0.2) is 39.6 Å². The number of amides is 1. The molecule has 0 aromatic heterocycles. The standard InChI is InChI=1S/C12H12N2O6/c15-11(16)10-2-1-7-13(10)12(17)20-9-5-3-8(4-6-9)14(18)19/h3-6,10H,1-2,7H2,(H,15,16)/t10-/m0/s1. The van der Waals surface area contributed by atoms with Gasteiger partial charge in [-0.25, -0.2) is 9.59 Å². The molecule has 1 atom stereocenters. The Labute approximate surface area is 113 Å². The number of benzene rings is 1. The predicted octanol–water partition coefficient (Wildman–Crippen LogP) is 1.64. The van der Waals surface area contributed by atoms with Gasteiger partial charge in [0.2, 0.25) is 0 Å². The van der Waals surface area contributed by atoms with Crippen LogP contribution in [0.3, 0.4) is 0 Å². The van der Waals surface area contributed by atoms with E-state index < -0.39 is 23.0 Å². The third-order valence-corrected chi connectivity index (χ3v) is 3.03. The molecule has 1 heterocycles. The van der Waals surface area contributed by atoms with Crippen LogP contribution in [0, 0.1) is 10.1 Å². The van der Waals surface area contributed by atoms with Gasteiger partial charge >= 0.3 is 12.1 Å². The zero-order valence-corrected chi connectivity index (χ0v) is 10.4. The van der Waals surface area contributed by atoms with Gasteiger partial charge in [-0.15, -0.1) is 0 Å². The molecule has 1 aromatic carbocycles. The monoisotopic (exact) mass is 280 g/mol. The molecule has 1 aliphatic rings. The highest BCUT2D eigenvalue weighted by Gasteiger charge is 2.35. The number of hydrogen-bond donors (Lipinski definition) is 1. The van der Waals surface area contributed by atoms with E-state index in [-0.39, 0.29) is 11.4 Å². The quantitative estimate of drug-likeness (QED) is 0.665. The molecule has 0 radical (unpaired) electrons. The summed E-state index contributed by atoms with van der Waals surface area (Å²) in [6.45, 7) is 0.322. The van der Waals surface area contributed by atoms with Crippen LogP contribution in [0.2, 0.25) is 0 Å². The first-order chi connectivity index (χ1) is 9.49. The Morgan fingerprint density at radius 1 is 1.35 bits per heavy atom. The fourth-order valence-corrected chi connectivity index (χ4v) is 2.04. The maximum Gasteiger partial charge on any atom is 0.415 e. The van der Waals surface area contributed by atoms with Crippen molar-refractivity contribution in [3.8, 4) is 5.75 Å². The number of nitro groups is 1. The van der Waals surface area contributed by atoms with Crippen molar-refractivity contribution < 1.29 is 24.4 Å². The highest BCUT2D eigenvalue weighted by Crippen LogP contribution is 2.21. The SMILES string of the molecule is O=C(O)[C@@H]1CCCN1C(=O)Oc1ccc([N+](=O)[O-])cc1. The summed E-state index contributed by atoms with van der Waals surface area (Å²) in [6.07, 6.45) is 0.237. The molecule has 1 N–H and O–H groups in total. The Balaban J connectivity index is 2.04. The van der Waals surface area contributed by atoms with Gasteiger partial charge in [0.15, 0.2) is 0 Å². The van der Waals surface area contributed by atoms with Gasteiger partial charge in [-0.3, -0.25) is 15.0 Å². The molecule has 0 unspecified atom stereocenters. The van der Waals surface area contributed by atoms with Crippen LogP contribution in [0.5, 0.6) is 5.75 Å². The van der Waals surface area contributed by atoms with Crippen molar-refractivity contribution in [1.82, 2.24) is 4.90 Å². The number of ether oxygens (including phenoxy) is 1. The molecule has 0 aliphatic carbocycles. The number of nitrogens with zero attached hydrogens (tertiary/aromatic N) is 2. The van der Waals surface area contributed by atoms with E-state index in [1.807, 2.05) is 0 Å². The lowest BCUT2D eigenvalue weighted by Gasteiger charge is -2.20. The first-order valence-corrected chi connectivity index (χ1v) is 5.95.